The van der Waals surface area contributed by atoms with Gasteiger partial charge in [0.25, 0.3) is 0 Å². The number of benzene rings is 14. The molecule has 0 amide bonds. The van der Waals surface area contributed by atoms with Gasteiger partial charge in [-0.05, 0) is 195 Å². The standard InChI is InChI=1S/C80H58N2/c1-79(2)72-47-53(37-41-64(72)66-43-39-58(49-74(66)79)81(56-25-7-5-8-26-56)76-35-19-23-51-21-11-13-29-60(51)76)70-45-55-46-71(63-32-16-18-34-69(63)78(55)68-33-17-15-31-62(68)70)54-38-42-65-67-44-40-59(50-75(67)80(3,4)73(65)48-54)82(57-27-9-6-10-28-57)77-36-20-24-52-22-12-14-30-61(52)77/h5-50H,1-4H3. The molecule has 2 aliphatic rings. The van der Waals surface area contributed by atoms with Crippen molar-refractivity contribution < 1.29 is 0 Å². The molecule has 16 rings (SSSR count). The SMILES string of the molecule is CC1(C)c2cc(-c3cc4cc(-c5ccc6c(c5)C(C)(C)c5cc(N(c7ccccc7)c7cccc8ccccc78)ccc5-6)c5ccccc5c4c4ccccc34)ccc2-c2ccc(N(c3ccccc3)c3cccc4ccccc34)cc21. The summed E-state index contributed by atoms with van der Waals surface area (Å²) in [5, 5.41) is 12.5. The fourth-order valence-electron chi connectivity index (χ4n) is 14.3. The van der Waals surface area contributed by atoms with Crippen LogP contribution in [0.5, 0.6) is 0 Å². The van der Waals surface area contributed by atoms with E-state index in [1.807, 2.05) is 0 Å². The molecule has 0 bridgehead atoms. The average molecular weight is 1050 g/mol. The van der Waals surface area contributed by atoms with E-state index in [4.69, 9.17) is 0 Å². The van der Waals surface area contributed by atoms with Crippen LogP contribution in [-0.4, -0.2) is 0 Å². The number of anilines is 6. The van der Waals surface area contributed by atoms with Crippen molar-refractivity contribution in [3.8, 4) is 44.5 Å². The third-order valence-electron chi connectivity index (χ3n) is 18.4. The van der Waals surface area contributed by atoms with Crippen molar-refractivity contribution in [3.05, 3.63) is 301 Å². The Morgan fingerprint density at radius 3 is 1.00 bits per heavy atom. The number of nitrogens with zero attached hydrogens (tertiary/aromatic N) is 2. The molecule has 82 heavy (non-hydrogen) atoms. The molecule has 0 saturated carbocycles. The van der Waals surface area contributed by atoms with E-state index >= 15 is 0 Å². The smallest absolute Gasteiger partial charge is 0.0540 e. The first kappa shape index (κ1) is 47.9. The molecule has 0 radical (unpaired) electrons. The summed E-state index contributed by atoms with van der Waals surface area (Å²) in [5.74, 6) is 0. The molecule has 0 aliphatic heterocycles. The Kier molecular flexibility index (Phi) is 10.7. The lowest BCUT2D eigenvalue weighted by Crippen LogP contribution is -2.16. The van der Waals surface area contributed by atoms with Gasteiger partial charge in [-0.15, -0.1) is 0 Å². The Hall–Kier alpha value is -10.0. The second-order valence-corrected chi connectivity index (χ2v) is 23.6. The first-order chi connectivity index (χ1) is 40.2. The molecule has 2 heteroatoms. The van der Waals surface area contributed by atoms with Crippen molar-refractivity contribution >= 4 is 88.0 Å². The molecular weight excluding hydrogens is 989 g/mol. The van der Waals surface area contributed by atoms with Crippen LogP contribution in [0.1, 0.15) is 49.9 Å². The summed E-state index contributed by atoms with van der Waals surface area (Å²) in [6.07, 6.45) is 0. The third kappa shape index (κ3) is 7.27. The van der Waals surface area contributed by atoms with Crippen LogP contribution in [-0.2, 0) is 10.8 Å². The maximum absolute atomic E-state index is 2.50. The summed E-state index contributed by atoms with van der Waals surface area (Å²) < 4.78 is 0. The maximum atomic E-state index is 2.50. The van der Waals surface area contributed by atoms with E-state index < -0.39 is 0 Å². The van der Waals surface area contributed by atoms with E-state index in [1.54, 1.807) is 0 Å². The highest BCUT2D eigenvalue weighted by molar-refractivity contribution is 6.26. The molecule has 2 aliphatic carbocycles. The van der Waals surface area contributed by atoms with E-state index in [1.165, 1.54) is 132 Å². The second-order valence-electron chi connectivity index (χ2n) is 23.6. The van der Waals surface area contributed by atoms with Gasteiger partial charge in [-0.3, -0.25) is 0 Å². The molecule has 0 N–H and O–H groups in total. The van der Waals surface area contributed by atoms with Gasteiger partial charge in [-0.25, -0.2) is 0 Å². The minimum Gasteiger partial charge on any atom is -0.310 e. The monoisotopic (exact) mass is 1050 g/mol. The zero-order valence-electron chi connectivity index (χ0n) is 46.5. The van der Waals surface area contributed by atoms with Gasteiger partial charge in [0, 0.05) is 44.4 Å². The molecular formula is C80H58N2. The highest BCUT2D eigenvalue weighted by Gasteiger charge is 2.38. The van der Waals surface area contributed by atoms with Crippen LogP contribution in [0.4, 0.5) is 34.1 Å². The van der Waals surface area contributed by atoms with E-state index in [-0.39, 0.29) is 10.8 Å². The van der Waals surface area contributed by atoms with Crippen LogP contribution in [0.2, 0.25) is 0 Å². The largest absolute Gasteiger partial charge is 0.310 e. The first-order valence-electron chi connectivity index (χ1n) is 28.8. The highest BCUT2D eigenvalue weighted by atomic mass is 15.1. The molecule has 0 aromatic heterocycles. The molecule has 0 spiro atoms. The molecule has 2 nitrogen and oxygen atoms in total. The Labute approximate surface area is 479 Å². The predicted octanol–water partition coefficient (Wildman–Crippen LogP) is 22.3. The van der Waals surface area contributed by atoms with Gasteiger partial charge in [-0.1, -0.05) is 222 Å². The van der Waals surface area contributed by atoms with Crippen molar-refractivity contribution in [2.45, 2.75) is 38.5 Å². The Morgan fingerprint density at radius 2 is 0.573 bits per heavy atom. The van der Waals surface area contributed by atoms with Gasteiger partial charge in [0.2, 0.25) is 0 Å². The summed E-state index contributed by atoms with van der Waals surface area (Å²) in [7, 11) is 0. The molecule has 0 heterocycles. The average Bonchev–Trinajstić information content (AvgIpc) is 3.76. The van der Waals surface area contributed by atoms with Crippen molar-refractivity contribution in [1.29, 1.82) is 0 Å². The number of para-hydroxylation sites is 2. The van der Waals surface area contributed by atoms with Gasteiger partial charge in [0.05, 0.1) is 11.4 Å². The first-order valence-corrected chi connectivity index (χ1v) is 28.8. The molecule has 0 atom stereocenters. The highest BCUT2D eigenvalue weighted by Crippen LogP contribution is 2.55. The van der Waals surface area contributed by atoms with Crippen LogP contribution in [0.25, 0.3) is 98.4 Å². The van der Waals surface area contributed by atoms with Gasteiger partial charge >= 0.3 is 0 Å². The Bertz CT molecular complexity index is 4610. The molecule has 388 valence electrons. The van der Waals surface area contributed by atoms with Gasteiger partial charge < -0.3 is 9.80 Å². The zero-order chi connectivity index (χ0) is 54.8. The van der Waals surface area contributed by atoms with Crippen LogP contribution in [0.3, 0.4) is 0 Å². The quantitative estimate of drug-likeness (QED) is 0.140. The summed E-state index contributed by atoms with van der Waals surface area (Å²) in [4.78, 5) is 4.86. The van der Waals surface area contributed by atoms with Gasteiger partial charge in [-0.2, -0.15) is 0 Å². The summed E-state index contributed by atoms with van der Waals surface area (Å²) in [6, 6.07) is 104. The molecule has 14 aromatic carbocycles. The van der Waals surface area contributed by atoms with E-state index in [0.717, 1.165) is 22.7 Å². The van der Waals surface area contributed by atoms with E-state index in [9.17, 15) is 0 Å². The van der Waals surface area contributed by atoms with Crippen molar-refractivity contribution in [2.24, 2.45) is 0 Å². The summed E-state index contributed by atoms with van der Waals surface area (Å²) >= 11 is 0. The summed E-state index contributed by atoms with van der Waals surface area (Å²) in [5.41, 5.74) is 22.0. The van der Waals surface area contributed by atoms with Crippen LogP contribution >= 0.6 is 0 Å². The lowest BCUT2D eigenvalue weighted by atomic mass is 9.80. The van der Waals surface area contributed by atoms with Crippen LogP contribution in [0, 0.1) is 0 Å². The predicted molar refractivity (Wildman–Crippen MR) is 349 cm³/mol. The molecule has 0 unspecified atom stereocenters. The number of rotatable bonds is 8. The fourth-order valence-corrected chi connectivity index (χ4v) is 14.3. The lowest BCUT2D eigenvalue weighted by molar-refractivity contribution is 0.660. The van der Waals surface area contributed by atoms with Gasteiger partial charge in [0.15, 0.2) is 0 Å². The third-order valence-corrected chi connectivity index (χ3v) is 18.4. The minimum atomic E-state index is -0.255. The lowest BCUT2D eigenvalue weighted by Gasteiger charge is -2.29. The number of fused-ring (bicyclic) bond motifs is 13. The van der Waals surface area contributed by atoms with Crippen molar-refractivity contribution in [2.75, 3.05) is 9.80 Å². The molecule has 14 aromatic rings. The van der Waals surface area contributed by atoms with Crippen molar-refractivity contribution in [1.82, 2.24) is 0 Å². The van der Waals surface area contributed by atoms with E-state index in [2.05, 4.69) is 317 Å². The molecule has 0 fully saturated rings. The van der Waals surface area contributed by atoms with Crippen LogP contribution < -0.4 is 9.80 Å². The molecule has 0 saturated heterocycles. The summed E-state index contributed by atoms with van der Waals surface area (Å²) in [6.45, 7) is 9.64. The Balaban J connectivity index is 0.798. The number of hydrogen-bond acceptors (Lipinski definition) is 2. The van der Waals surface area contributed by atoms with Gasteiger partial charge in [0.1, 0.15) is 0 Å². The maximum Gasteiger partial charge on any atom is 0.0540 e. The second kappa shape index (κ2) is 18.3. The number of hydrogen-bond donors (Lipinski definition) is 0. The van der Waals surface area contributed by atoms with E-state index in [0.29, 0.717) is 0 Å². The topological polar surface area (TPSA) is 6.48 Å². The Morgan fingerprint density at radius 1 is 0.232 bits per heavy atom. The minimum absolute atomic E-state index is 0.255. The fraction of sp³-hybridized carbons (Fsp3) is 0.0750. The normalized spacial score (nSPS) is 13.6. The zero-order valence-corrected chi connectivity index (χ0v) is 46.5. The van der Waals surface area contributed by atoms with Crippen LogP contribution in [0.15, 0.2) is 279 Å². The van der Waals surface area contributed by atoms with Crippen molar-refractivity contribution in [3.63, 3.8) is 0 Å².